The summed E-state index contributed by atoms with van der Waals surface area (Å²) in [6.07, 6.45) is 1.11. The molecular weight excluding hydrogens is 290 g/mol. The molecule has 94 valence electrons. The standard InChI is InChI=1S/C10H14BrN3O3/c1-14-7(9(11)12-13-14)8(15)10(16-2)3-5-17-6-4-10/h3-6H2,1-2H3. The highest BCUT2D eigenvalue weighted by molar-refractivity contribution is 9.10. The van der Waals surface area contributed by atoms with E-state index in [1.54, 1.807) is 14.2 Å². The van der Waals surface area contributed by atoms with Crippen LogP contribution in [0.3, 0.4) is 0 Å². The molecule has 0 radical (unpaired) electrons. The van der Waals surface area contributed by atoms with E-state index in [9.17, 15) is 4.79 Å². The predicted molar refractivity (Wildman–Crippen MR) is 62.8 cm³/mol. The number of aromatic nitrogens is 3. The molecule has 1 saturated heterocycles. The lowest BCUT2D eigenvalue weighted by Crippen LogP contribution is -2.46. The van der Waals surface area contributed by atoms with Crippen LogP contribution in [-0.4, -0.2) is 46.7 Å². The fraction of sp³-hybridized carbons (Fsp3) is 0.700. The molecular formula is C10H14BrN3O3. The van der Waals surface area contributed by atoms with Crippen molar-refractivity contribution in [1.82, 2.24) is 15.0 Å². The number of aryl methyl sites for hydroxylation is 1. The average Bonchev–Trinajstić information content (AvgIpc) is 2.69. The van der Waals surface area contributed by atoms with Crippen molar-refractivity contribution in [1.29, 1.82) is 0 Å². The lowest BCUT2D eigenvalue weighted by atomic mass is 9.88. The maximum absolute atomic E-state index is 12.5. The molecule has 6 nitrogen and oxygen atoms in total. The summed E-state index contributed by atoms with van der Waals surface area (Å²) in [6, 6.07) is 0. The number of hydrogen-bond donors (Lipinski definition) is 0. The molecule has 0 N–H and O–H groups in total. The molecule has 1 aromatic heterocycles. The van der Waals surface area contributed by atoms with Crippen LogP contribution in [0.4, 0.5) is 0 Å². The minimum atomic E-state index is -0.809. The van der Waals surface area contributed by atoms with Crippen molar-refractivity contribution < 1.29 is 14.3 Å². The molecule has 1 aliphatic rings. The second kappa shape index (κ2) is 4.83. The summed E-state index contributed by atoms with van der Waals surface area (Å²) in [5, 5.41) is 7.63. The van der Waals surface area contributed by atoms with Crippen molar-refractivity contribution in [3.8, 4) is 0 Å². The van der Waals surface area contributed by atoms with Crippen LogP contribution in [0.5, 0.6) is 0 Å². The van der Waals surface area contributed by atoms with Gasteiger partial charge in [0.15, 0.2) is 4.60 Å². The first kappa shape index (κ1) is 12.7. The van der Waals surface area contributed by atoms with E-state index in [1.165, 1.54) is 4.68 Å². The lowest BCUT2D eigenvalue weighted by Gasteiger charge is -2.34. The van der Waals surface area contributed by atoms with Gasteiger partial charge in [-0.15, -0.1) is 5.10 Å². The molecule has 0 atom stereocenters. The normalized spacial score (nSPS) is 19.2. The van der Waals surface area contributed by atoms with Crippen LogP contribution >= 0.6 is 15.9 Å². The Labute approximate surface area is 107 Å². The number of nitrogens with zero attached hydrogens (tertiary/aromatic N) is 3. The lowest BCUT2D eigenvalue weighted by molar-refractivity contribution is -0.0667. The number of ketones is 1. The molecule has 2 heterocycles. The molecule has 0 aromatic carbocycles. The molecule has 7 heteroatoms. The van der Waals surface area contributed by atoms with Crippen molar-refractivity contribution in [2.45, 2.75) is 18.4 Å². The molecule has 0 saturated carbocycles. The van der Waals surface area contributed by atoms with Gasteiger partial charge < -0.3 is 9.47 Å². The number of Topliss-reactive ketones (excluding diaryl/α,β-unsaturated/α-hetero) is 1. The molecule has 2 rings (SSSR count). The number of ether oxygens (including phenoxy) is 2. The average molecular weight is 304 g/mol. The fourth-order valence-electron chi connectivity index (χ4n) is 2.01. The SMILES string of the molecule is COC1(C(=O)c2c(Br)nnn2C)CCOCC1. The van der Waals surface area contributed by atoms with E-state index in [2.05, 4.69) is 26.2 Å². The van der Waals surface area contributed by atoms with Crippen LogP contribution in [-0.2, 0) is 16.5 Å². The Bertz CT molecular complexity index is 407. The van der Waals surface area contributed by atoms with Gasteiger partial charge in [0.05, 0.1) is 0 Å². The summed E-state index contributed by atoms with van der Waals surface area (Å²) in [5.74, 6) is -0.0947. The summed E-state index contributed by atoms with van der Waals surface area (Å²) in [6.45, 7) is 1.06. The quantitative estimate of drug-likeness (QED) is 0.778. The first-order valence-electron chi connectivity index (χ1n) is 5.33. The Morgan fingerprint density at radius 2 is 2.18 bits per heavy atom. The van der Waals surface area contributed by atoms with Gasteiger partial charge in [-0.25, -0.2) is 4.68 Å². The van der Waals surface area contributed by atoms with Crippen molar-refractivity contribution in [2.75, 3.05) is 20.3 Å². The molecule has 0 amide bonds. The third-order valence-corrected chi connectivity index (χ3v) is 3.64. The first-order valence-corrected chi connectivity index (χ1v) is 6.13. The van der Waals surface area contributed by atoms with Gasteiger partial charge in [-0.2, -0.15) is 0 Å². The molecule has 17 heavy (non-hydrogen) atoms. The maximum Gasteiger partial charge on any atom is 0.215 e. The summed E-state index contributed by atoms with van der Waals surface area (Å²) in [5.41, 5.74) is -0.371. The van der Waals surface area contributed by atoms with Crippen LogP contribution in [0.15, 0.2) is 4.60 Å². The molecule has 1 fully saturated rings. The van der Waals surface area contributed by atoms with Crippen LogP contribution in [0.25, 0.3) is 0 Å². The summed E-state index contributed by atoms with van der Waals surface area (Å²) < 4.78 is 12.6. The van der Waals surface area contributed by atoms with Crippen molar-refractivity contribution in [3.63, 3.8) is 0 Å². The Hall–Kier alpha value is -0.790. The third kappa shape index (κ3) is 2.14. The second-order valence-electron chi connectivity index (χ2n) is 3.99. The Morgan fingerprint density at radius 1 is 1.53 bits per heavy atom. The fourth-order valence-corrected chi connectivity index (χ4v) is 2.52. The molecule has 1 aromatic rings. The molecule has 0 spiro atoms. The van der Waals surface area contributed by atoms with Crippen LogP contribution in [0, 0.1) is 0 Å². The first-order chi connectivity index (χ1) is 8.10. The Morgan fingerprint density at radius 3 is 2.65 bits per heavy atom. The summed E-state index contributed by atoms with van der Waals surface area (Å²) in [4.78, 5) is 12.5. The molecule has 0 aliphatic carbocycles. The van der Waals surface area contributed by atoms with E-state index < -0.39 is 5.60 Å². The third-order valence-electron chi connectivity index (χ3n) is 3.11. The summed E-state index contributed by atoms with van der Waals surface area (Å²) in [7, 11) is 3.24. The van der Waals surface area contributed by atoms with E-state index in [0.717, 1.165) is 0 Å². The number of carbonyl (C=O) groups is 1. The number of halogens is 1. The molecule has 0 unspecified atom stereocenters. The monoisotopic (exact) mass is 303 g/mol. The highest BCUT2D eigenvalue weighted by atomic mass is 79.9. The van der Waals surface area contributed by atoms with Crippen LogP contribution in [0.1, 0.15) is 23.3 Å². The highest BCUT2D eigenvalue weighted by Gasteiger charge is 2.43. The van der Waals surface area contributed by atoms with E-state index in [1.807, 2.05) is 0 Å². The van der Waals surface area contributed by atoms with Gasteiger partial charge in [0.25, 0.3) is 0 Å². The van der Waals surface area contributed by atoms with Gasteiger partial charge in [-0.3, -0.25) is 4.79 Å². The number of methoxy groups -OCH3 is 1. The van der Waals surface area contributed by atoms with Gasteiger partial charge in [-0.1, -0.05) is 5.21 Å². The Balaban J connectivity index is 2.35. The van der Waals surface area contributed by atoms with Gasteiger partial charge >= 0.3 is 0 Å². The van der Waals surface area contributed by atoms with Gasteiger partial charge in [0.2, 0.25) is 5.78 Å². The van der Waals surface area contributed by atoms with Crippen molar-refractivity contribution in [2.24, 2.45) is 7.05 Å². The highest BCUT2D eigenvalue weighted by Crippen LogP contribution is 2.30. The topological polar surface area (TPSA) is 66.2 Å². The van der Waals surface area contributed by atoms with E-state index in [4.69, 9.17) is 9.47 Å². The number of carbonyl (C=O) groups excluding carboxylic acids is 1. The van der Waals surface area contributed by atoms with E-state index in [-0.39, 0.29) is 5.78 Å². The zero-order valence-electron chi connectivity index (χ0n) is 9.77. The van der Waals surface area contributed by atoms with E-state index in [0.29, 0.717) is 36.4 Å². The zero-order valence-corrected chi connectivity index (χ0v) is 11.4. The van der Waals surface area contributed by atoms with Crippen molar-refractivity contribution >= 4 is 21.7 Å². The van der Waals surface area contributed by atoms with Gasteiger partial charge in [0.1, 0.15) is 11.3 Å². The zero-order chi connectivity index (χ0) is 12.5. The van der Waals surface area contributed by atoms with Gasteiger partial charge in [0, 0.05) is 40.2 Å². The summed E-state index contributed by atoms with van der Waals surface area (Å²) >= 11 is 3.24. The number of rotatable bonds is 3. The minimum Gasteiger partial charge on any atom is -0.381 e. The van der Waals surface area contributed by atoms with E-state index >= 15 is 0 Å². The molecule has 1 aliphatic heterocycles. The maximum atomic E-state index is 12.5. The predicted octanol–water partition coefficient (Wildman–Crippen LogP) is 0.956. The van der Waals surface area contributed by atoms with Crippen LogP contribution in [0.2, 0.25) is 0 Å². The van der Waals surface area contributed by atoms with Gasteiger partial charge in [-0.05, 0) is 15.9 Å². The largest absolute Gasteiger partial charge is 0.381 e. The van der Waals surface area contributed by atoms with Crippen LogP contribution < -0.4 is 0 Å². The van der Waals surface area contributed by atoms with Crippen molar-refractivity contribution in [3.05, 3.63) is 10.3 Å². The number of hydrogen-bond acceptors (Lipinski definition) is 5. The Kier molecular flexibility index (Phi) is 3.60. The molecule has 0 bridgehead atoms. The smallest absolute Gasteiger partial charge is 0.215 e. The minimum absolute atomic E-state index is 0.0947. The second-order valence-corrected chi connectivity index (χ2v) is 4.74.